The van der Waals surface area contributed by atoms with E-state index in [-0.39, 0.29) is 11.7 Å². The number of carbonyl (C=O) groups is 1. The van der Waals surface area contributed by atoms with Gasteiger partial charge in [-0.3, -0.25) is 4.79 Å². The molecule has 8 nitrogen and oxygen atoms in total. The first-order chi connectivity index (χ1) is 18.0. The molecule has 1 aliphatic carbocycles. The van der Waals surface area contributed by atoms with Gasteiger partial charge in [0.25, 0.3) is 0 Å². The summed E-state index contributed by atoms with van der Waals surface area (Å²) >= 11 is 0. The van der Waals surface area contributed by atoms with E-state index >= 15 is 0 Å². The minimum atomic E-state index is -0.271. The van der Waals surface area contributed by atoms with Crippen molar-refractivity contribution in [2.24, 2.45) is 5.92 Å². The summed E-state index contributed by atoms with van der Waals surface area (Å²) in [7, 11) is 0. The molecule has 1 aliphatic rings. The summed E-state index contributed by atoms with van der Waals surface area (Å²) < 4.78 is 5.99. The van der Waals surface area contributed by atoms with Crippen molar-refractivity contribution in [1.29, 1.82) is 0 Å². The molecule has 0 aliphatic heterocycles. The van der Waals surface area contributed by atoms with Crippen LogP contribution in [0.3, 0.4) is 0 Å². The second kappa shape index (κ2) is 12.3. The molecule has 3 aromatic rings. The van der Waals surface area contributed by atoms with Crippen molar-refractivity contribution >= 4 is 22.7 Å². The molecule has 1 N–H and O–H groups in total. The van der Waals surface area contributed by atoms with E-state index in [0.29, 0.717) is 47.6 Å². The Morgan fingerprint density at radius 3 is 2.68 bits per heavy atom. The predicted octanol–water partition coefficient (Wildman–Crippen LogP) is 6.64. The summed E-state index contributed by atoms with van der Waals surface area (Å²) in [6.45, 7) is 8.06. The number of Topliss-reactive ketones (excluding diaryl/α,β-unsaturated/α-hetero) is 1. The number of rotatable bonds is 12. The smallest absolute Gasteiger partial charge is 0.247 e. The lowest BCUT2D eigenvalue weighted by Gasteiger charge is -2.15. The lowest BCUT2D eigenvalue weighted by molar-refractivity contribution is 0.0919. The van der Waals surface area contributed by atoms with Crippen molar-refractivity contribution in [3.8, 4) is 0 Å². The Balaban J connectivity index is 1.48. The zero-order valence-electron chi connectivity index (χ0n) is 21.9. The third-order valence-electron chi connectivity index (χ3n) is 6.48. The van der Waals surface area contributed by atoms with Gasteiger partial charge in [0, 0.05) is 29.5 Å². The van der Waals surface area contributed by atoms with Gasteiger partial charge in [0.15, 0.2) is 5.78 Å². The molecule has 0 radical (unpaired) electrons. The van der Waals surface area contributed by atoms with Gasteiger partial charge >= 0.3 is 0 Å². The highest BCUT2D eigenvalue weighted by Gasteiger charge is 2.28. The van der Waals surface area contributed by atoms with Crippen LogP contribution in [0.2, 0.25) is 0 Å². The van der Waals surface area contributed by atoms with E-state index in [2.05, 4.69) is 39.3 Å². The summed E-state index contributed by atoms with van der Waals surface area (Å²) in [5.41, 5.74) is 4.90. The molecule has 3 aromatic heterocycles. The first-order valence-electron chi connectivity index (χ1n) is 12.9. The number of ketones is 1. The fraction of sp³-hybridized carbons (Fsp3) is 0.379. The van der Waals surface area contributed by atoms with Crippen LogP contribution in [0.4, 0.5) is 11.4 Å². The summed E-state index contributed by atoms with van der Waals surface area (Å²) in [6, 6.07) is 3.93. The first kappa shape index (κ1) is 26.1. The van der Waals surface area contributed by atoms with Crippen LogP contribution in [-0.4, -0.2) is 30.9 Å². The SMILES string of the molecule is CC=CC=CC(=C(C)CC)c1nnc(CCC(C)C(=O)c2nc(C3CC3)ccc2Nc2cncnc2)o1. The Labute approximate surface area is 218 Å². The zero-order valence-corrected chi connectivity index (χ0v) is 21.9. The number of carbonyl (C=O) groups excluding carboxylic acids is 1. The monoisotopic (exact) mass is 498 g/mol. The van der Waals surface area contributed by atoms with Gasteiger partial charge in [0.1, 0.15) is 12.0 Å². The average Bonchev–Trinajstić information content (AvgIpc) is 3.67. The van der Waals surface area contributed by atoms with Crippen LogP contribution in [0.5, 0.6) is 0 Å². The van der Waals surface area contributed by atoms with Crippen molar-refractivity contribution in [2.75, 3.05) is 5.32 Å². The first-order valence-corrected chi connectivity index (χ1v) is 12.9. The Hall–Kier alpha value is -3.94. The van der Waals surface area contributed by atoms with Crippen LogP contribution in [0.25, 0.3) is 5.57 Å². The largest absolute Gasteiger partial charge is 0.421 e. The summed E-state index contributed by atoms with van der Waals surface area (Å²) in [5.74, 6) is 1.19. The van der Waals surface area contributed by atoms with Crippen LogP contribution in [0.1, 0.15) is 87.3 Å². The second-order valence-electron chi connectivity index (χ2n) is 9.40. The van der Waals surface area contributed by atoms with Crippen LogP contribution < -0.4 is 5.32 Å². The molecule has 1 atom stereocenters. The lowest BCUT2D eigenvalue weighted by Crippen LogP contribution is -2.17. The standard InChI is InChI=1S/C29H34N6O2/c1-5-7-8-9-23(19(3)6-2)29-35-34-26(37-29)15-10-20(4)28(36)27-25(32-22-16-30-18-31-17-22)14-13-24(33-27)21-11-12-21/h5,7-9,13-14,16-18,20-21,32H,6,10-12,15H2,1-4H3. The summed E-state index contributed by atoms with van der Waals surface area (Å²) in [5, 5.41) is 11.8. The van der Waals surface area contributed by atoms with E-state index in [0.717, 1.165) is 30.5 Å². The number of aryl methyl sites for hydroxylation is 1. The molecular weight excluding hydrogens is 464 g/mol. The summed E-state index contributed by atoms with van der Waals surface area (Å²) in [6.07, 6.45) is 16.9. The summed E-state index contributed by atoms with van der Waals surface area (Å²) in [4.78, 5) is 26.4. The Bertz CT molecular complexity index is 1300. The van der Waals surface area contributed by atoms with Gasteiger partial charge in [-0.25, -0.2) is 15.0 Å². The highest BCUT2D eigenvalue weighted by Crippen LogP contribution is 2.40. The molecular formula is C29H34N6O2. The highest BCUT2D eigenvalue weighted by molar-refractivity contribution is 6.01. The molecule has 1 unspecified atom stereocenters. The van der Waals surface area contributed by atoms with Crippen LogP contribution in [-0.2, 0) is 6.42 Å². The van der Waals surface area contributed by atoms with E-state index < -0.39 is 0 Å². The third kappa shape index (κ3) is 6.84. The van der Waals surface area contributed by atoms with Gasteiger partial charge in [-0.2, -0.15) is 0 Å². The lowest BCUT2D eigenvalue weighted by atomic mass is 9.96. The van der Waals surface area contributed by atoms with Crippen molar-refractivity contribution < 1.29 is 9.21 Å². The van der Waals surface area contributed by atoms with E-state index in [1.165, 1.54) is 11.9 Å². The van der Waals surface area contributed by atoms with Gasteiger partial charge in [-0.1, -0.05) is 37.6 Å². The molecule has 4 rings (SSSR count). The van der Waals surface area contributed by atoms with E-state index in [4.69, 9.17) is 9.40 Å². The maximum absolute atomic E-state index is 13.5. The van der Waals surface area contributed by atoms with Crippen molar-refractivity contribution in [3.05, 3.63) is 83.9 Å². The Morgan fingerprint density at radius 2 is 1.97 bits per heavy atom. The average molecular weight is 499 g/mol. The minimum absolute atomic E-state index is 0.0155. The number of anilines is 2. The van der Waals surface area contributed by atoms with Gasteiger partial charge < -0.3 is 9.73 Å². The van der Waals surface area contributed by atoms with E-state index in [9.17, 15) is 4.79 Å². The number of hydrogen-bond donors (Lipinski definition) is 1. The van der Waals surface area contributed by atoms with Crippen molar-refractivity contribution in [1.82, 2.24) is 25.1 Å². The highest BCUT2D eigenvalue weighted by atomic mass is 16.4. The normalized spacial score (nSPS) is 15.2. The van der Waals surface area contributed by atoms with Gasteiger partial charge in [0.2, 0.25) is 11.8 Å². The molecule has 8 heteroatoms. The fourth-order valence-electron chi connectivity index (χ4n) is 3.91. The minimum Gasteiger partial charge on any atom is -0.421 e. The Morgan fingerprint density at radius 1 is 1.19 bits per heavy atom. The quantitative estimate of drug-likeness (QED) is 0.219. The number of allylic oxidation sites excluding steroid dienone is 6. The van der Waals surface area contributed by atoms with Crippen LogP contribution >= 0.6 is 0 Å². The number of hydrogen-bond acceptors (Lipinski definition) is 8. The van der Waals surface area contributed by atoms with Gasteiger partial charge in [-0.15, -0.1) is 10.2 Å². The molecule has 1 fully saturated rings. The van der Waals surface area contributed by atoms with Crippen LogP contribution in [0, 0.1) is 5.92 Å². The van der Waals surface area contributed by atoms with E-state index in [1.807, 2.05) is 50.3 Å². The van der Waals surface area contributed by atoms with Crippen LogP contribution in [0.15, 0.2) is 65.1 Å². The molecule has 0 spiro atoms. The third-order valence-corrected chi connectivity index (χ3v) is 6.48. The maximum atomic E-state index is 13.5. The zero-order chi connectivity index (χ0) is 26.2. The molecule has 37 heavy (non-hydrogen) atoms. The number of aromatic nitrogens is 5. The fourth-order valence-corrected chi connectivity index (χ4v) is 3.91. The molecule has 0 bridgehead atoms. The number of nitrogens with zero attached hydrogens (tertiary/aromatic N) is 5. The topological polar surface area (TPSA) is 107 Å². The molecule has 3 heterocycles. The number of pyridine rings is 1. The molecule has 192 valence electrons. The van der Waals surface area contributed by atoms with Gasteiger partial charge in [0.05, 0.1) is 23.8 Å². The second-order valence-corrected chi connectivity index (χ2v) is 9.40. The molecule has 0 aromatic carbocycles. The van der Waals surface area contributed by atoms with Gasteiger partial charge in [-0.05, 0) is 57.7 Å². The predicted molar refractivity (Wildman–Crippen MR) is 144 cm³/mol. The van der Waals surface area contributed by atoms with E-state index in [1.54, 1.807) is 12.4 Å². The van der Waals surface area contributed by atoms with Crippen molar-refractivity contribution in [2.45, 2.75) is 65.7 Å². The number of nitrogens with one attached hydrogen (secondary N) is 1. The molecule has 0 amide bonds. The molecule has 0 saturated heterocycles. The maximum Gasteiger partial charge on any atom is 0.247 e. The van der Waals surface area contributed by atoms with Crippen molar-refractivity contribution in [3.63, 3.8) is 0 Å². The Kier molecular flexibility index (Phi) is 8.72. The molecule has 1 saturated carbocycles.